The molecule has 1 saturated heterocycles. The van der Waals surface area contributed by atoms with Gasteiger partial charge in [-0.1, -0.05) is 30.7 Å². The van der Waals surface area contributed by atoms with Gasteiger partial charge in [0.25, 0.3) is 5.91 Å². The molecule has 188 valence electrons. The zero-order valence-corrected chi connectivity index (χ0v) is 21.0. The van der Waals surface area contributed by atoms with Gasteiger partial charge >= 0.3 is 6.03 Å². The maximum absolute atomic E-state index is 13.1. The van der Waals surface area contributed by atoms with E-state index in [4.69, 9.17) is 4.74 Å². The molecule has 0 aliphatic carbocycles. The molecular formula is C27H36N4O4. The van der Waals surface area contributed by atoms with Crippen LogP contribution < -0.4 is 20.7 Å². The third-order valence-corrected chi connectivity index (χ3v) is 6.50. The number of piperidine rings is 1. The molecular weight excluding hydrogens is 444 g/mol. The Kier molecular flexibility index (Phi) is 9.11. The largest absolute Gasteiger partial charge is 0.497 e. The molecule has 1 aliphatic rings. The van der Waals surface area contributed by atoms with E-state index in [1.165, 1.54) is 0 Å². The molecule has 1 aliphatic heterocycles. The maximum Gasteiger partial charge on any atom is 0.321 e. The number of likely N-dealkylation sites (tertiary alicyclic amines) is 1. The van der Waals surface area contributed by atoms with E-state index in [0.29, 0.717) is 37.2 Å². The minimum Gasteiger partial charge on any atom is -0.497 e. The molecule has 1 heterocycles. The average molecular weight is 481 g/mol. The number of hydrogen-bond donors (Lipinski definition) is 3. The Balaban J connectivity index is 1.66. The van der Waals surface area contributed by atoms with E-state index >= 15 is 0 Å². The summed E-state index contributed by atoms with van der Waals surface area (Å²) in [5.41, 5.74) is 2.31. The normalized spacial score (nSPS) is 15.6. The van der Waals surface area contributed by atoms with E-state index in [-0.39, 0.29) is 29.8 Å². The van der Waals surface area contributed by atoms with Gasteiger partial charge in [0.1, 0.15) is 11.8 Å². The van der Waals surface area contributed by atoms with Crippen molar-refractivity contribution >= 4 is 23.5 Å². The fourth-order valence-electron chi connectivity index (χ4n) is 4.10. The Morgan fingerprint density at radius 2 is 1.74 bits per heavy atom. The summed E-state index contributed by atoms with van der Waals surface area (Å²) in [5.74, 6) is -0.0332. The molecule has 2 atom stereocenters. The van der Waals surface area contributed by atoms with Gasteiger partial charge in [-0.2, -0.15) is 0 Å². The molecule has 2 aromatic rings. The highest BCUT2D eigenvalue weighted by Crippen LogP contribution is 2.23. The fraction of sp³-hybridized carbons (Fsp3) is 0.444. The maximum atomic E-state index is 13.1. The Labute approximate surface area is 207 Å². The molecule has 35 heavy (non-hydrogen) atoms. The summed E-state index contributed by atoms with van der Waals surface area (Å²) in [6.07, 6.45) is 2.01. The quantitative estimate of drug-likeness (QED) is 0.532. The first-order chi connectivity index (χ1) is 16.8. The Hall–Kier alpha value is -3.55. The number of hydrogen-bond acceptors (Lipinski definition) is 4. The van der Waals surface area contributed by atoms with Crippen molar-refractivity contribution < 1.29 is 19.1 Å². The number of nitrogens with zero attached hydrogens (tertiary/aromatic N) is 1. The van der Waals surface area contributed by atoms with Crippen molar-refractivity contribution in [1.29, 1.82) is 0 Å². The number of anilines is 1. The fourth-order valence-corrected chi connectivity index (χ4v) is 4.10. The number of aryl methyl sites for hydroxylation is 1. The van der Waals surface area contributed by atoms with E-state index in [9.17, 15) is 14.4 Å². The number of methoxy groups -OCH3 is 1. The minimum absolute atomic E-state index is 0.000836. The Morgan fingerprint density at radius 1 is 1.06 bits per heavy atom. The molecule has 1 fully saturated rings. The van der Waals surface area contributed by atoms with Crippen molar-refractivity contribution in [3.05, 3.63) is 59.7 Å². The van der Waals surface area contributed by atoms with Gasteiger partial charge in [-0.3, -0.25) is 9.59 Å². The Bertz CT molecular complexity index is 1020. The molecule has 0 unspecified atom stereocenters. The lowest BCUT2D eigenvalue weighted by atomic mass is 9.88. The van der Waals surface area contributed by atoms with Crippen LogP contribution in [0.4, 0.5) is 10.5 Å². The lowest BCUT2D eigenvalue weighted by molar-refractivity contribution is -0.125. The lowest BCUT2D eigenvalue weighted by Gasteiger charge is -2.36. The standard InChI is InChI=1S/C27H36N4O4/c1-5-19(3)28-26(33)24(30-25(32)21-7-6-8-23(17-21)35-4)20-13-15-31(16-14-20)27(34)29-22-11-9-18(2)10-12-22/h6-12,17,19-20,24H,5,13-16H2,1-4H3,(H,28,33)(H,29,34)(H,30,32)/t19-,24+/m0/s1. The van der Waals surface area contributed by atoms with Crippen molar-refractivity contribution in [3.63, 3.8) is 0 Å². The van der Waals surface area contributed by atoms with Gasteiger partial charge in [-0.25, -0.2) is 4.79 Å². The highest BCUT2D eigenvalue weighted by atomic mass is 16.5. The summed E-state index contributed by atoms with van der Waals surface area (Å²) in [6, 6.07) is 13.7. The van der Waals surface area contributed by atoms with Gasteiger partial charge in [0, 0.05) is 30.4 Å². The highest BCUT2D eigenvalue weighted by molar-refractivity contribution is 5.98. The second-order valence-electron chi connectivity index (χ2n) is 9.12. The monoisotopic (exact) mass is 480 g/mol. The van der Waals surface area contributed by atoms with Gasteiger partial charge in [0.05, 0.1) is 7.11 Å². The lowest BCUT2D eigenvalue weighted by Crippen LogP contribution is -2.55. The number of carbonyl (C=O) groups is 3. The van der Waals surface area contributed by atoms with Crippen LogP contribution >= 0.6 is 0 Å². The number of nitrogens with one attached hydrogen (secondary N) is 3. The van der Waals surface area contributed by atoms with Crippen LogP contribution in [0.25, 0.3) is 0 Å². The van der Waals surface area contributed by atoms with Crippen molar-refractivity contribution in [2.45, 2.75) is 52.1 Å². The number of rotatable bonds is 8. The van der Waals surface area contributed by atoms with Gasteiger partial charge in [0.2, 0.25) is 5.91 Å². The molecule has 3 N–H and O–H groups in total. The molecule has 8 nitrogen and oxygen atoms in total. The van der Waals surface area contributed by atoms with E-state index < -0.39 is 6.04 Å². The third-order valence-electron chi connectivity index (χ3n) is 6.50. The average Bonchev–Trinajstić information content (AvgIpc) is 2.88. The van der Waals surface area contributed by atoms with Crippen LogP contribution in [0.5, 0.6) is 5.75 Å². The van der Waals surface area contributed by atoms with E-state index in [0.717, 1.165) is 17.7 Å². The Morgan fingerprint density at radius 3 is 2.37 bits per heavy atom. The summed E-state index contributed by atoms with van der Waals surface area (Å²) in [7, 11) is 1.54. The van der Waals surface area contributed by atoms with Crippen molar-refractivity contribution in [2.75, 3.05) is 25.5 Å². The first kappa shape index (κ1) is 26.1. The van der Waals surface area contributed by atoms with Crippen LogP contribution in [0.1, 0.15) is 49.0 Å². The van der Waals surface area contributed by atoms with Crippen LogP contribution in [-0.4, -0.2) is 55.0 Å². The van der Waals surface area contributed by atoms with Crippen molar-refractivity contribution in [1.82, 2.24) is 15.5 Å². The predicted octanol–water partition coefficient (Wildman–Crippen LogP) is 3.96. The van der Waals surface area contributed by atoms with E-state index in [2.05, 4.69) is 16.0 Å². The van der Waals surface area contributed by atoms with Gasteiger partial charge in [0.15, 0.2) is 0 Å². The summed E-state index contributed by atoms with van der Waals surface area (Å²) in [4.78, 5) is 40.6. The van der Waals surface area contributed by atoms with Crippen LogP contribution in [0.15, 0.2) is 48.5 Å². The zero-order valence-electron chi connectivity index (χ0n) is 21.0. The van der Waals surface area contributed by atoms with E-state index in [1.54, 1.807) is 36.3 Å². The molecule has 3 rings (SSSR count). The zero-order chi connectivity index (χ0) is 25.4. The molecule has 0 aromatic heterocycles. The highest BCUT2D eigenvalue weighted by Gasteiger charge is 2.34. The summed E-state index contributed by atoms with van der Waals surface area (Å²) >= 11 is 0. The van der Waals surface area contributed by atoms with Crippen LogP contribution in [0, 0.1) is 12.8 Å². The molecule has 4 amide bonds. The number of carbonyl (C=O) groups excluding carboxylic acids is 3. The molecule has 0 bridgehead atoms. The molecule has 2 aromatic carbocycles. The second kappa shape index (κ2) is 12.2. The summed E-state index contributed by atoms with van der Waals surface area (Å²) in [6.45, 7) is 6.95. The van der Waals surface area contributed by atoms with Crippen LogP contribution in [-0.2, 0) is 4.79 Å². The molecule has 0 radical (unpaired) electrons. The van der Waals surface area contributed by atoms with Gasteiger partial charge < -0.3 is 25.6 Å². The van der Waals surface area contributed by atoms with Gasteiger partial charge in [-0.15, -0.1) is 0 Å². The van der Waals surface area contributed by atoms with Gasteiger partial charge in [-0.05, 0) is 69.4 Å². The first-order valence-electron chi connectivity index (χ1n) is 12.2. The predicted molar refractivity (Wildman–Crippen MR) is 137 cm³/mol. The number of amides is 4. The number of benzene rings is 2. The first-order valence-corrected chi connectivity index (χ1v) is 12.2. The summed E-state index contributed by atoms with van der Waals surface area (Å²) < 4.78 is 5.22. The molecule has 0 saturated carbocycles. The SMILES string of the molecule is CC[C@H](C)NC(=O)[C@H](NC(=O)c1cccc(OC)c1)C1CCN(C(=O)Nc2ccc(C)cc2)CC1. The van der Waals surface area contributed by atoms with Crippen molar-refractivity contribution in [2.24, 2.45) is 5.92 Å². The summed E-state index contributed by atoms with van der Waals surface area (Å²) in [5, 5.41) is 8.88. The van der Waals surface area contributed by atoms with Crippen LogP contribution in [0.3, 0.4) is 0 Å². The third kappa shape index (κ3) is 7.21. The number of urea groups is 1. The number of ether oxygens (including phenoxy) is 1. The van der Waals surface area contributed by atoms with Crippen molar-refractivity contribution in [3.8, 4) is 5.75 Å². The van der Waals surface area contributed by atoms with E-state index in [1.807, 2.05) is 45.0 Å². The molecule has 0 spiro atoms. The topological polar surface area (TPSA) is 99.8 Å². The second-order valence-corrected chi connectivity index (χ2v) is 9.12. The molecule has 8 heteroatoms. The van der Waals surface area contributed by atoms with Crippen LogP contribution in [0.2, 0.25) is 0 Å². The smallest absolute Gasteiger partial charge is 0.321 e. The minimum atomic E-state index is -0.690.